The van der Waals surface area contributed by atoms with Gasteiger partial charge in [-0.25, -0.2) is 4.39 Å². The Morgan fingerprint density at radius 3 is 2.45 bits per heavy atom. The Balaban J connectivity index is 1.52. The zero-order valence-corrected chi connectivity index (χ0v) is 17.7. The van der Waals surface area contributed by atoms with Crippen molar-refractivity contribution in [2.75, 3.05) is 0 Å². The summed E-state index contributed by atoms with van der Waals surface area (Å²) in [6.07, 6.45) is 1.65. The van der Waals surface area contributed by atoms with E-state index in [0.29, 0.717) is 21.8 Å². The first-order valence-corrected chi connectivity index (χ1v) is 10.6. The van der Waals surface area contributed by atoms with E-state index in [0.717, 1.165) is 22.9 Å². The van der Waals surface area contributed by atoms with Crippen LogP contribution in [-0.4, -0.2) is 16.0 Å². The molecule has 1 aliphatic heterocycles. The van der Waals surface area contributed by atoms with E-state index >= 15 is 0 Å². The van der Waals surface area contributed by atoms with E-state index in [1.54, 1.807) is 42.5 Å². The molecule has 0 unspecified atom stereocenters. The predicted molar refractivity (Wildman–Crippen MR) is 120 cm³/mol. The van der Waals surface area contributed by atoms with Gasteiger partial charge in [-0.05, 0) is 42.5 Å². The van der Waals surface area contributed by atoms with Crippen molar-refractivity contribution in [3.8, 4) is 5.75 Å². The average Bonchev–Trinajstić information content (AvgIpc) is 3.03. The molecule has 4 rings (SSSR count). The van der Waals surface area contributed by atoms with Crippen LogP contribution in [0.1, 0.15) is 22.3 Å². The predicted octanol–water partition coefficient (Wildman–Crippen LogP) is 5.95. The van der Waals surface area contributed by atoms with E-state index in [1.807, 2.05) is 37.3 Å². The molecule has 0 atom stereocenters. The number of carbonyl (C=O) groups excluding carboxylic acids is 2. The lowest BCUT2D eigenvalue weighted by Gasteiger charge is -2.12. The molecule has 0 bridgehead atoms. The fourth-order valence-electron chi connectivity index (χ4n) is 3.16. The first kappa shape index (κ1) is 20.9. The van der Waals surface area contributed by atoms with Gasteiger partial charge in [0.15, 0.2) is 0 Å². The molecule has 0 N–H and O–H groups in total. The lowest BCUT2D eigenvalue weighted by atomic mass is 10.1. The molecule has 3 aromatic rings. The van der Waals surface area contributed by atoms with Gasteiger partial charge in [0.25, 0.3) is 11.1 Å². The molecule has 0 saturated carbocycles. The summed E-state index contributed by atoms with van der Waals surface area (Å²) in [6, 6.07) is 21.3. The summed E-state index contributed by atoms with van der Waals surface area (Å²) in [4.78, 5) is 26.9. The zero-order chi connectivity index (χ0) is 21.8. The molecule has 31 heavy (non-hydrogen) atoms. The van der Waals surface area contributed by atoms with Crippen LogP contribution >= 0.6 is 11.8 Å². The Labute approximate surface area is 184 Å². The van der Waals surface area contributed by atoms with Gasteiger partial charge in [-0.15, -0.1) is 0 Å². The molecule has 0 radical (unpaired) electrons. The normalized spacial score (nSPS) is 15.0. The average molecular weight is 434 g/mol. The largest absolute Gasteiger partial charge is 0.488 e. The van der Waals surface area contributed by atoms with Gasteiger partial charge in [0.1, 0.15) is 18.2 Å². The van der Waals surface area contributed by atoms with Crippen LogP contribution in [0.5, 0.6) is 5.75 Å². The second-order valence-electron chi connectivity index (χ2n) is 7.17. The van der Waals surface area contributed by atoms with Crippen LogP contribution < -0.4 is 4.74 Å². The number of amides is 2. The summed E-state index contributed by atoms with van der Waals surface area (Å²) >= 11 is 0.908. The molecule has 1 aliphatic rings. The minimum Gasteiger partial charge on any atom is -0.488 e. The van der Waals surface area contributed by atoms with Gasteiger partial charge in [-0.1, -0.05) is 66.2 Å². The molecule has 0 spiro atoms. The molecule has 3 aromatic carbocycles. The maximum absolute atomic E-state index is 13.9. The van der Waals surface area contributed by atoms with E-state index in [9.17, 15) is 14.0 Å². The van der Waals surface area contributed by atoms with Crippen molar-refractivity contribution in [3.05, 3.63) is 106 Å². The number of thioether (sulfide) groups is 1. The van der Waals surface area contributed by atoms with Crippen LogP contribution in [0.2, 0.25) is 0 Å². The Morgan fingerprint density at radius 1 is 0.968 bits per heavy atom. The minimum absolute atomic E-state index is 0.0619. The van der Waals surface area contributed by atoms with Crippen LogP contribution in [0.25, 0.3) is 6.08 Å². The standard InChI is InChI=1S/C25H20FNO3S/c1-17-10-12-18(13-11-17)15-27-24(28)23(31-25(27)29)14-19-6-3-5-9-22(19)30-16-20-7-2-4-8-21(20)26/h2-14H,15-16H2,1H3/b23-14-. The quantitative estimate of drug-likeness (QED) is 0.451. The highest BCUT2D eigenvalue weighted by Gasteiger charge is 2.35. The molecule has 0 aromatic heterocycles. The highest BCUT2D eigenvalue weighted by atomic mass is 32.2. The number of hydrogen-bond donors (Lipinski definition) is 0. The Bertz CT molecular complexity index is 1160. The van der Waals surface area contributed by atoms with E-state index < -0.39 is 0 Å². The third-order valence-corrected chi connectivity index (χ3v) is 5.79. The van der Waals surface area contributed by atoms with Gasteiger partial charge in [0.2, 0.25) is 0 Å². The lowest BCUT2D eigenvalue weighted by Crippen LogP contribution is -2.27. The van der Waals surface area contributed by atoms with E-state index in [4.69, 9.17) is 4.74 Å². The Morgan fingerprint density at radius 2 is 1.68 bits per heavy atom. The molecule has 4 nitrogen and oxygen atoms in total. The fourth-order valence-corrected chi connectivity index (χ4v) is 3.98. The lowest BCUT2D eigenvalue weighted by molar-refractivity contribution is -0.123. The Hall–Kier alpha value is -3.38. The third kappa shape index (κ3) is 4.86. The van der Waals surface area contributed by atoms with Crippen molar-refractivity contribution < 1.29 is 18.7 Å². The first-order chi connectivity index (χ1) is 15.0. The van der Waals surface area contributed by atoms with Crippen LogP contribution in [0.15, 0.2) is 77.7 Å². The smallest absolute Gasteiger partial charge is 0.293 e. The van der Waals surface area contributed by atoms with Gasteiger partial charge in [-0.2, -0.15) is 0 Å². The number of benzene rings is 3. The van der Waals surface area contributed by atoms with Gasteiger partial charge in [0.05, 0.1) is 11.4 Å². The summed E-state index contributed by atoms with van der Waals surface area (Å²) in [5.41, 5.74) is 3.10. The van der Waals surface area contributed by atoms with Gasteiger partial charge >= 0.3 is 0 Å². The summed E-state index contributed by atoms with van der Waals surface area (Å²) in [5, 5.41) is -0.304. The van der Waals surface area contributed by atoms with E-state index in [-0.39, 0.29) is 30.1 Å². The number of halogens is 1. The molecule has 0 aliphatic carbocycles. The topological polar surface area (TPSA) is 46.6 Å². The highest BCUT2D eigenvalue weighted by molar-refractivity contribution is 8.18. The summed E-state index contributed by atoms with van der Waals surface area (Å²) in [5.74, 6) is -0.159. The number of aryl methyl sites for hydroxylation is 1. The number of carbonyl (C=O) groups is 2. The fraction of sp³-hybridized carbons (Fsp3) is 0.120. The van der Waals surface area contributed by atoms with Crippen LogP contribution in [0.3, 0.4) is 0 Å². The van der Waals surface area contributed by atoms with E-state index in [1.165, 1.54) is 11.0 Å². The van der Waals surface area contributed by atoms with Crippen molar-refractivity contribution >= 4 is 29.0 Å². The monoisotopic (exact) mass is 433 g/mol. The molecule has 1 fully saturated rings. The van der Waals surface area contributed by atoms with Crippen LogP contribution in [0.4, 0.5) is 9.18 Å². The summed E-state index contributed by atoms with van der Waals surface area (Å²) in [7, 11) is 0. The molecule has 156 valence electrons. The maximum atomic E-state index is 13.9. The second-order valence-corrected chi connectivity index (χ2v) is 8.16. The second kappa shape index (κ2) is 9.18. The van der Waals surface area contributed by atoms with Crippen molar-refractivity contribution in [1.29, 1.82) is 0 Å². The Kier molecular flexibility index (Phi) is 6.18. The van der Waals surface area contributed by atoms with Crippen molar-refractivity contribution in [1.82, 2.24) is 4.90 Å². The molecule has 6 heteroatoms. The number of rotatable bonds is 6. The van der Waals surface area contributed by atoms with Crippen LogP contribution in [-0.2, 0) is 17.9 Å². The molecule has 1 saturated heterocycles. The molecule has 1 heterocycles. The summed E-state index contributed by atoms with van der Waals surface area (Å²) in [6.45, 7) is 2.28. The number of hydrogen-bond acceptors (Lipinski definition) is 4. The highest BCUT2D eigenvalue weighted by Crippen LogP contribution is 2.35. The van der Waals surface area contributed by atoms with Gasteiger partial charge < -0.3 is 4.74 Å². The maximum Gasteiger partial charge on any atom is 0.293 e. The number of para-hydroxylation sites is 1. The molecule has 2 amide bonds. The van der Waals surface area contributed by atoms with Crippen molar-refractivity contribution in [2.45, 2.75) is 20.1 Å². The van der Waals surface area contributed by atoms with E-state index in [2.05, 4.69) is 0 Å². The third-order valence-electron chi connectivity index (χ3n) is 4.88. The van der Waals surface area contributed by atoms with Crippen molar-refractivity contribution in [3.63, 3.8) is 0 Å². The van der Waals surface area contributed by atoms with Gasteiger partial charge in [-0.3, -0.25) is 14.5 Å². The number of ether oxygens (including phenoxy) is 1. The molecular weight excluding hydrogens is 413 g/mol. The van der Waals surface area contributed by atoms with Gasteiger partial charge in [0, 0.05) is 11.1 Å². The summed E-state index contributed by atoms with van der Waals surface area (Å²) < 4.78 is 19.7. The number of nitrogens with zero attached hydrogens (tertiary/aromatic N) is 1. The van der Waals surface area contributed by atoms with Crippen LogP contribution in [0, 0.1) is 12.7 Å². The first-order valence-electron chi connectivity index (χ1n) is 9.77. The van der Waals surface area contributed by atoms with Crippen molar-refractivity contribution in [2.24, 2.45) is 0 Å². The SMILES string of the molecule is Cc1ccc(CN2C(=O)S/C(=C\c3ccccc3OCc3ccccc3F)C2=O)cc1. The molecular formula is C25H20FNO3S. The zero-order valence-electron chi connectivity index (χ0n) is 16.9. The minimum atomic E-state index is -0.336. The number of imide groups is 1.